The number of nitrogens with zero attached hydrogens (tertiary/aromatic N) is 1. The van der Waals surface area contributed by atoms with Crippen LogP contribution in [0, 0.1) is 10.1 Å². The molecule has 0 bridgehead atoms. The number of nitro benzene ring substituents is 1. The summed E-state index contributed by atoms with van der Waals surface area (Å²) < 4.78 is 6.12. The Morgan fingerprint density at radius 2 is 1.89 bits per heavy atom. The maximum atomic E-state index is 10.9. The van der Waals surface area contributed by atoms with Gasteiger partial charge in [-0.2, -0.15) is 0 Å². The first kappa shape index (κ1) is 15.5. The fourth-order valence-corrected chi connectivity index (χ4v) is 2.41. The maximum Gasteiger partial charge on any atom is 0.292 e. The molecule has 0 atom stereocenters. The first-order chi connectivity index (χ1) is 8.58. The molecule has 0 radical (unpaired) electrons. The zero-order valence-electron chi connectivity index (χ0n) is 12.4. The zero-order chi connectivity index (χ0) is 14.8. The molecule has 0 aromatic heterocycles. The fraction of sp³-hybridized carbons (Fsp3) is 0.538. The van der Waals surface area contributed by atoms with Crippen molar-refractivity contribution in [1.29, 1.82) is 0 Å². The molecule has 0 heterocycles. The van der Waals surface area contributed by atoms with Crippen LogP contribution in [0.25, 0.3) is 0 Å². The number of rotatable bonds is 4. The molecule has 1 aromatic carbocycles. The van der Waals surface area contributed by atoms with Gasteiger partial charge in [-0.3, -0.25) is 10.1 Å². The van der Waals surface area contributed by atoms with Crippen LogP contribution >= 0.6 is 0 Å². The molecule has 0 amide bonds. The summed E-state index contributed by atoms with van der Waals surface area (Å²) in [6.45, 7) is 10.8. The second-order valence-corrected chi connectivity index (χ2v) is 10.8. The second-order valence-electron chi connectivity index (χ2n) is 6.05. The molecular weight excluding hydrogens is 260 g/mol. The number of hydrogen-bond donors (Lipinski definition) is 1. The van der Waals surface area contributed by atoms with Crippen molar-refractivity contribution in [1.82, 2.24) is 0 Å². The van der Waals surface area contributed by atoms with Gasteiger partial charge < -0.3 is 9.74 Å². The highest BCUT2D eigenvalue weighted by molar-refractivity contribution is 6.74. The maximum absolute atomic E-state index is 10.9. The lowest BCUT2D eigenvalue weighted by molar-refractivity contribution is -0.384. The number of nitro groups is 1. The summed E-state index contributed by atoms with van der Waals surface area (Å²) in [6.07, 6.45) is 0. The van der Waals surface area contributed by atoms with E-state index in [9.17, 15) is 10.1 Å². The van der Waals surface area contributed by atoms with E-state index in [1.54, 1.807) is 19.2 Å². The third kappa shape index (κ3) is 3.47. The molecule has 1 N–H and O–H groups in total. The van der Waals surface area contributed by atoms with Crippen LogP contribution < -0.4 is 9.74 Å². The minimum atomic E-state index is -1.92. The average Bonchev–Trinajstić information content (AvgIpc) is 2.26. The van der Waals surface area contributed by atoms with Gasteiger partial charge in [0.15, 0.2) is 0 Å². The third-order valence-corrected chi connectivity index (χ3v) is 7.97. The lowest BCUT2D eigenvalue weighted by Crippen LogP contribution is -2.43. The van der Waals surface area contributed by atoms with E-state index in [2.05, 4.69) is 39.2 Å². The van der Waals surface area contributed by atoms with E-state index in [4.69, 9.17) is 4.43 Å². The predicted molar refractivity (Wildman–Crippen MR) is 80.5 cm³/mol. The van der Waals surface area contributed by atoms with Crippen molar-refractivity contribution < 1.29 is 9.35 Å². The van der Waals surface area contributed by atoms with Crippen LogP contribution in [-0.2, 0) is 0 Å². The summed E-state index contributed by atoms with van der Waals surface area (Å²) in [4.78, 5) is 10.5. The third-order valence-electron chi connectivity index (χ3n) is 3.61. The minimum Gasteiger partial charge on any atom is -0.543 e. The quantitative estimate of drug-likeness (QED) is 0.514. The predicted octanol–water partition coefficient (Wildman–Crippen LogP) is 4.02. The summed E-state index contributed by atoms with van der Waals surface area (Å²) >= 11 is 0. The average molecular weight is 282 g/mol. The molecule has 0 aliphatic carbocycles. The number of hydrogen-bond acceptors (Lipinski definition) is 4. The standard InChI is InChI=1S/C13H22N2O3Si/c1-13(2,3)19(5,6)18-10-7-8-12(15(16)17)11(9-10)14-4/h7-9,14H,1-6H3. The molecule has 0 fully saturated rings. The van der Waals surface area contributed by atoms with Gasteiger partial charge in [-0.1, -0.05) is 20.8 Å². The Labute approximate surface area is 115 Å². The lowest BCUT2D eigenvalue weighted by Gasteiger charge is -2.36. The van der Waals surface area contributed by atoms with Gasteiger partial charge in [0.1, 0.15) is 11.4 Å². The van der Waals surface area contributed by atoms with Crippen molar-refractivity contribution in [2.45, 2.75) is 38.9 Å². The Balaban J connectivity index is 3.08. The van der Waals surface area contributed by atoms with E-state index in [0.717, 1.165) is 0 Å². The topological polar surface area (TPSA) is 64.4 Å². The summed E-state index contributed by atoms with van der Waals surface area (Å²) in [5.41, 5.74) is 0.534. The van der Waals surface area contributed by atoms with Crippen LogP contribution in [0.3, 0.4) is 0 Å². The van der Waals surface area contributed by atoms with E-state index < -0.39 is 13.2 Å². The van der Waals surface area contributed by atoms with E-state index >= 15 is 0 Å². The second kappa shape index (κ2) is 5.20. The summed E-state index contributed by atoms with van der Waals surface area (Å²) in [7, 11) is -0.259. The Morgan fingerprint density at radius 3 is 2.32 bits per heavy atom. The molecule has 19 heavy (non-hydrogen) atoms. The molecular formula is C13H22N2O3Si. The van der Waals surface area contributed by atoms with Crippen molar-refractivity contribution >= 4 is 19.7 Å². The van der Waals surface area contributed by atoms with Gasteiger partial charge in [0.2, 0.25) is 8.32 Å². The Kier molecular flexibility index (Phi) is 4.24. The summed E-state index contributed by atoms with van der Waals surface area (Å²) in [6, 6.07) is 4.84. The molecule has 0 unspecified atom stereocenters. The molecule has 6 heteroatoms. The number of anilines is 1. The molecule has 0 aliphatic heterocycles. The first-order valence-electron chi connectivity index (χ1n) is 6.24. The monoisotopic (exact) mass is 282 g/mol. The molecule has 0 aliphatic rings. The van der Waals surface area contributed by atoms with E-state index in [1.807, 2.05) is 0 Å². The molecule has 5 nitrogen and oxygen atoms in total. The van der Waals surface area contributed by atoms with Crippen LogP contribution in [-0.4, -0.2) is 20.3 Å². The van der Waals surface area contributed by atoms with Gasteiger partial charge in [0, 0.05) is 19.2 Å². The summed E-state index contributed by atoms with van der Waals surface area (Å²) in [5, 5.41) is 13.8. The highest BCUT2D eigenvalue weighted by Gasteiger charge is 2.39. The van der Waals surface area contributed by atoms with Crippen LogP contribution in [0.5, 0.6) is 5.75 Å². The highest BCUT2D eigenvalue weighted by atomic mass is 28.4. The molecule has 1 rings (SSSR count). The fourth-order valence-electron chi connectivity index (χ4n) is 1.39. The Hall–Kier alpha value is -1.56. The molecule has 1 aromatic rings. The largest absolute Gasteiger partial charge is 0.543 e. The lowest BCUT2D eigenvalue weighted by atomic mass is 10.2. The summed E-state index contributed by atoms with van der Waals surface area (Å²) in [5.74, 6) is 0.682. The van der Waals surface area contributed by atoms with Gasteiger partial charge in [-0.05, 0) is 24.2 Å². The van der Waals surface area contributed by atoms with Crippen LogP contribution in [0.2, 0.25) is 18.1 Å². The number of benzene rings is 1. The van der Waals surface area contributed by atoms with E-state index in [0.29, 0.717) is 11.4 Å². The number of nitrogens with one attached hydrogen (secondary N) is 1. The van der Waals surface area contributed by atoms with Gasteiger partial charge in [-0.25, -0.2) is 0 Å². The van der Waals surface area contributed by atoms with Gasteiger partial charge >= 0.3 is 0 Å². The zero-order valence-corrected chi connectivity index (χ0v) is 13.4. The van der Waals surface area contributed by atoms with Crippen molar-refractivity contribution in [3.63, 3.8) is 0 Å². The Morgan fingerprint density at radius 1 is 1.32 bits per heavy atom. The van der Waals surface area contributed by atoms with E-state index in [1.165, 1.54) is 6.07 Å². The first-order valence-corrected chi connectivity index (χ1v) is 9.14. The van der Waals surface area contributed by atoms with Crippen LogP contribution in [0.4, 0.5) is 11.4 Å². The van der Waals surface area contributed by atoms with E-state index in [-0.39, 0.29) is 10.7 Å². The van der Waals surface area contributed by atoms with Gasteiger partial charge in [0.05, 0.1) is 4.92 Å². The molecule has 0 spiro atoms. The minimum absolute atomic E-state index is 0.0603. The smallest absolute Gasteiger partial charge is 0.292 e. The normalized spacial score (nSPS) is 12.1. The van der Waals surface area contributed by atoms with Crippen molar-refractivity contribution in [2.75, 3.05) is 12.4 Å². The SMILES string of the molecule is CNc1cc(O[Si](C)(C)C(C)(C)C)ccc1[N+](=O)[O-]. The van der Waals surface area contributed by atoms with Crippen LogP contribution in [0.15, 0.2) is 18.2 Å². The van der Waals surface area contributed by atoms with Crippen molar-refractivity contribution in [3.8, 4) is 5.75 Å². The molecule has 0 saturated heterocycles. The molecule has 0 saturated carbocycles. The van der Waals surface area contributed by atoms with Crippen molar-refractivity contribution in [3.05, 3.63) is 28.3 Å². The van der Waals surface area contributed by atoms with Crippen molar-refractivity contribution in [2.24, 2.45) is 0 Å². The Bertz CT molecular complexity index is 481. The van der Waals surface area contributed by atoms with Crippen LogP contribution in [0.1, 0.15) is 20.8 Å². The molecule has 106 valence electrons. The van der Waals surface area contributed by atoms with Gasteiger partial charge in [0.25, 0.3) is 5.69 Å². The van der Waals surface area contributed by atoms with Gasteiger partial charge in [-0.15, -0.1) is 0 Å². The highest BCUT2D eigenvalue weighted by Crippen LogP contribution is 2.38.